The van der Waals surface area contributed by atoms with Gasteiger partial charge in [-0.3, -0.25) is 20.4 Å². The highest BCUT2D eigenvalue weighted by Crippen LogP contribution is 2.20. The molecule has 0 bridgehead atoms. The Morgan fingerprint density at radius 2 is 1.90 bits per heavy atom. The van der Waals surface area contributed by atoms with Crippen molar-refractivity contribution in [3.63, 3.8) is 0 Å². The van der Waals surface area contributed by atoms with E-state index in [4.69, 9.17) is 35.4 Å². The summed E-state index contributed by atoms with van der Waals surface area (Å²) < 4.78 is 0. The monoisotopic (exact) mass is 347 g/mol. The first kappa shape index (κ1) is 17.7. The van der Waals surface area contributed by atoms with Crippen LogP contribution in [0.25, 0.3) is 0 Å². The van der Waals surface area contributed by atoms with Gasteiger partial charge in [0.25, 0.3) is 5.91 Å². The minimum atomic E-state index is -0.489. The van der Waals surface area contributed by atoms with Crippen LogP contribution in [0.3, 0.4) is 0 Å². The van der Waals surface area contributed by atoms with Crippen molar-refractivity contribution >= 4 is 52.3 Å². The molecule has 1 aromatic carbocycles. The smallest absolute Gasteiger partial charge is 0.271 e. The van der Waals surface area contributed by atoms with Crippen LogP contribution in [0.5, 0.6) is 0 Å². The maximum Gasteiger partial charge on any atom is 0.271 e. The summed E-state index contributed by atoms with van der Waals surface area (Å²) in [6, 6.07) is 4.49. The number of thiocarbonyl (C=S) groups is 1. The van der Waals surface area contributed by atoms with Crippen LogP contribution in [0.4, 0.5) is 0 Å². The largest absolute Gasteiger partial charge is 0.302 e. The lowest BCUT2D eigenvalue weighted by atomic mass is 10.1. The maximum absolute atomic E-state index is 11.9. The van der Waals surface area contributed by atoms with E-state index in [9.17, 15) is 9.59 Å². The van der Waals surface area contributed by atoms with E-state index in [1.165, 1.54) is 12.1 Å². The van der Waals surface area contributed by atoms with Crippen LogP contribution in [0.1, 0.15) is 30.6 Å². The molecule has 0 heterocycles. The van der Waals surface area contributed by atoms with Gasteiger partial charge in [-0.25, -0.2) is 0 Å². The summed E-state index contributed by atoms with van der Waals surface area (Å²) in [5, 5.41) is 3.12. The molecule has 0 aromatic heterocycles. The Morgan fingerprint density at radius 1 is 1.24 bits per heavy atom. The highest BCUT2D eigenvalue weighted by molar-refractivity contribution is 7.80. The molecule has 5 nitrogen and oxygen atoms in total. The maximum atomic E-state index is 11.9. The van der Waals surface area contributed by atoms with Gasteiger partial charge in [0.2, 0.25) is 5.91 Å². The van der Waals surface area contributed by atoms with E-state index < -0.39 is 5.91 Å². The minimum Gasteiger partial charge on any atom is -0.302 e. The van der Waals surface area contributed by atoms with Crippen molar-refractivity contribution in [1.82, 2.24) is 16.2 Å². The number of carbonyl (C=O) groups is 2. The summed E-state index contributed by atoms with van der Waals surface area (Å²) >= 11 is 16.5. The zero-order chi connectivity index (χ0) is 16.0. The Bertz CT molecular complexity index is 564. The van der Waals surface area contributed by atoms with E-state index in [2.05, 4.69) is 16.2 Å². The molecule has 0 saturated heterocycles. The molecule has 0 unspecified atom stereocenters. The van der Waals surface area contributed by atoms with Gasteiger partial charge >= 0.3 is 0 Å². The minimum absolute atomic E-state index is 0.0130. The van der Waals surface area contributed by atoms with Crippen LogP contribution in [-0.2, 0) is 4.79 Å². The highest BCUT2D eigenvalue weighted by atomic mass is 35.5. The fourth-order valence-electron chi connectivity index (χ4n) is 1.43. The van der Waals surface area contributed by atoms with Gasteiger partial charge in [-0.2, -0.15) is 0 Å². The van der Waals surface area contributed by atoms with Gasteiger partial charge in [-0.1, -0.05) is 37.0 Å². The predicted octanol–water partition coefficient (Wildman–Crippen LogP) is 2.67. The number of carbonyl (C=O) groups excluding carboxylic acids is 2. The number of hydrazine groups is 1. The van der Waals surface area contributed by atoms with Crippen LogP contribution >= 0.6 is 35.4 Å². The van der Waals surface area contributed by atoms with Crippen LogP contribution in [0, 0.1) is 5.92 Å². The molecule has 1 aromatic rings. The van der Waals surface area contributed by atoms with Crippen molar-refractivity contribution in [3.8, 4) is 0 Å². The molecule has 0 aliphatic carbocycles. The zero-order valence-corrected chi connectivity index (χ0v) is 13.8. The fourth-order valence-corrected chi connectivity index (χ4v) is 2.09. The standard InChI is InChI=1S/C13H15Cl2N3O2S/c1-7(2)5-11(19)16-13(21)18-17-12(20)9-4-3-8(14)6-10(9)15/h3-4,6-7H,5H2,1-2H3,(H,17,20)(H2,16,18,19,21). The van der Waals surface area contributed by atoms with Crippen LogP contribution < -0.4 is 16.2 Å². The van der Waals surface area contributed by atoms with Crippen molar-refractivity contribution < 1.29 is 9.59 Å². The first-order valence-corrected chi connectivity index (χ1v) is 7.31. The summed E-state index contributed by atoms with van der Waals surface area (Å²) in [5.74, 6) is -0.492. The Kier molecular flexibility index (Phi) is 6.87. The summed E-state index contributed by atoms with van der Waals surface area (Å²) in [6.45, 7) is 3.83. The number of benzene rings is 1. The van der Waals surface area contributed by atoms with Gasteiger partial charge in [0.1, 0.15) is 0 Å². The van der Waals surface area contributed by atoms with E-state index in [0.717, 1.165) is 0 Å². The average molecular weight is 348 g/mol. The number of hydrogen-bond donors (Lipinski definition) is 3. The molecule has 2 amide bonds. The molecular formula is C13H15Cl2N3O2S. The molecule has 1 rings (SSSR count). The molecule has 0 aliphatic heterocycles. The Hall–Kier alpha value is -1.37. The zero-order valence-electron chi connectivity index (χ0n) is 11.5. The first-order valence-electron chi connectivity index (χ1n) is 6.14. The second-order valence-corrected chi connectivity index (χ2v) is 5.93. The Morgan fingerprint density at radius 3 is 2.48 bits per heavy atom. The van der Waals surface area contributed by atoms with E-state index in [1.54, 1.807) is 6.07 Å². The number of nitrogens with one attached hydrogen (secondary N) is 3. The van der Waals surface area contributed by atoms with Crippen molar-refractivity contribution in [2.24, 2.45) is 5.92 Å². The quantitative estimate of drug-likeness (QED) is 0.580. The Labute approximate surface area is 138 Å². The highest BCUT2D eigenvalue weighted by Gasteiger charge is 2.12. The number of amides is 2. The van der Waals surface area contributed by atoms with Crippen molar-refractivity contribution in [2.45, 2.75) is 20.3 Å². The second-order valence-electron chi connectivity index (χ2n) is 4.68. The second kappa shape index (κ2) is 8.17. The predicted molar refractivity (Wildman–Crippen MR) is 87.3 cm³/mol. The SMILES string of the molecule is CC(C)CC(=O)NC(=S)NNC(=O)c1ccc(Cl)cc1Cl. The molecular weight excluding hydrogens is 333 g/mol. The third-order valence-corrected chi connectivity index (χ3v) is 3.06. The lowest BCUT2D eigenvalue weighted by molar-refractivity contribution is -0.120. The number of halogens is 2. The average Bonchev–Trinajstić information content (AvgIpc) is 2.34. The van der Waals surface area contributed by atoms with Crippen molar-refractivity contribution in [2.75, 3.05) is 0 Å². The molecule has 3 N–H and O–H groups in total. The van der Waals surface area contributed by atoms with E-state index in [0.29, 0.717) is 11.4 Å². The lowest BCUT2D eigenvalue weighted by Crippen LogP contribution is -2.48. The third-order valence-electron chi connectivity index (χ3n) is 2.31. The molecule has 8 heteroatoms. The van der Waals surface area contributed by atoms with Gasteiger partial charge in [0.05, 0.1) is 10.6 Å². The van der Waals surface area contributed by atoms with E-state index in [1.807, 2.05) is 13.8 Å². The molecule has 114 valence electrons. The van der Waals surface area contributed by atoms with Gasteiger partial charge in [0.15, 0.2) is 5.11 Å². The third kappa shape index (κ3) is 6.29. The molecule has 0 fully saturated rings. The normalized spacial score (nSPS) is 10.1. The van der Waals surface area contributed by atoms with Crippen LogP contribution in [0.15, 0.2) is 18.2 Å². The molecule has 21 heavy (non-hydrogen) atoms. The van der Waals surface area contributed by atoms with Crippen LogP contribution in [0.2, 0.25) is 10.0 Å². The first-order chi connectivity index (χ1) is 9.79. The lowest BCUT2D eigenvalue weighted by Gasteiger charge is -2.12. The summed E-state index contributed by atoms with van der Waals surface area (Å²) in [6.07, 6.45) is 0.346. The number of rotatable bonds is 3. The van der Waals surface area contributed by atoms with Gasteiger partial charge in [-0.05, 0) is 36.3 Å². The van der Waals surface area contributed by atoms with Crippen molar-refractivity contribution in [3.05, 3.63) is 33.8 Å². The molecule has 0 aliphatic rings. The number of hydrogen-bond acceptors (Lipinski definition) is 3. The molecule has 0 radical (unpaired) electrons. The van der Waals surface area contributed by atoms with Gasteiger partial charge in [-0.15, -0.1) is 0 Å². The van der Waals surface area contributed by atoms with E-state index in [-0.39, 0.29) is 27.5 Å². The molecule has 0 saturated carbocycles. The fraction of sp³-hybridized carbons (Fsp3) is 0.308. The Balaban J connectivity index is 2.49. The summed E-state index contributed by atoms with van der Waals surface area (Å²) in [4.78, 5) is 23.4. The summed E-state index contributed by atoms with van der Waals surface area (Å²) in [7, 11) is 0. The van der Waals surface area contributed by atoms with Crippen LogP contribution in [-0.4, -0.2) is 16.9 Å². The van der Waals surface area contributed by atoms with Crippen molar-refractivity contribution in [1.29, 1.82) is 0 Å². The summed E-state index contributed by atoms with van der Waals surface area (Å²) in [5.41, 5.74) is 5.02. The topological polar surface area (TPSA) is 70.2 Å². The molecule has 0 spiro atoms. The van der Waals surface area contributed by atoms with Gasteiger partial charge < -0.3 is 5.32 Å². The molecule has 0 atom stereocenters. The van der Waals surface area contributed by atoms with E-state index >= 15 is 0 Å². The van der Waals surface area contributed by atoms with Gasteiger partial charge in [0, 0.05) is 11.4 Å².